The van der Waals surface area contributed by atoms with Crippen LogP contribution in [0.1, 0.15) is 35.3 Å². The highest BCUT2D eigenvalue weighted by atomic mass is 16.1. The topological polar surface area (TPSA) is 98.7 Å². The molecule has 7 heteroatoms. The molecule has 4 aromatic rings. The van der Waals surface area contributed by atoms with Crippen molar-refractivity contribution in [2.24, 2.45) is 0 Å². The largest absolute Gasteiger partial charge is 0.383 e. The first-order valence-electron chi connectivity index (χ1n) is 10.2. The number of benzene rings is 2. The van der Waals surface area contributed by atoms with Crippen LogP contribution in [-0.4, -0.2) is 32.2 Å². The minimum absolute atomic E-state index is 0.209. The van der Waals surface area contributed by atoms with Crippen LogP contribution in [0.5, 0.6) is 0 Å². The molecule has 4 rings (SSSR count). The Kier molecular flexibility index (Phi) is 5.37. The van der Waals surface area contributed by atoms with Gasteiger partial charge >= 0.3 is 0 Å². The Morgan fingerprint density at radius 1 is 1.19 bits per heavy atom. The van der Waals surface area contributed by atoms with Crippen LogP contribution in [0, 0.1) is 19.3 Å². The fourth-order valence-corrected chi connectivity index (χ4v) is 3.53. The van der Waals surface area contributed by atoms with Crippen LogP contribution in [-0.2, 0) is 5.54 Å². The molecule has 0 atom stereocenters. The zero-order valence-corrected chi connectivity index (χ0v) is 18.3. The van der Waals surface area contributed by atoms with Gasteiger partial charge in [0.15, 0.2) is 5.65 Å². The molecule has 0 aliphatic heterocycles. The standard InChI is InChI=1S/C25H24N6O/c1-5-17-7-6-8-19(13-17)24(32)27-14-25(3,4)31-23-20(22(26)28-15-29-23)21(30-31)18-11-9-16(2)10-12-18/h1,6-13,15H,14H2,2-4H3,(H,27,32)(H2,26,28,29). The number of hydrogen-bond donors (Lipinski definition) is 2. The Labute approximate surface area is 186 Å². The lowest BCUT2D eigenvalue weighted by Gasteiger charge is -2.26. The fourth-order valence-electron chi connectivity index (χ4n) is 3.53. The molecular formula is C25H24N6O. The number of rotatable bonds is 5. The molecule has 0 saturated carbocycles. The van der Waals surface area contributed by atoms with Gasteiger partial charge in [-0.15, -0.1) is 6.42 Å². The van der Waals surface area contributed by atoms with Crippen LogP contribution in [0.4, 0.5) is 5.82 Å². The number of aromatic nitrogens is 4. The second kappa shape index (κ2) is 8.16. The molecular weight excluding hydrogens is 400 g/mol. The Bertz CT molecular complexity index is 1350. The molecule has 7 nitrogen and oxygen atoms in total. The third kappa shape index (κ3) is 3.91. The number of amides is 1. The van der Waals surface area contributed by atoms with Crippen molar-refractivity contribution in [2.45, 2.75) is 26.3 Å². The number of nitrogens with two attached hydrogens (primary N) is 1. The summed E-state index contributed by atoms with van der Waals surface area (Å²) in [6.07, 6.45) is 6.87. The Balaban J connectivity index is 1.69. The minimum atomic E-state index is -0.596. The summed E-state index contributed by atoms with van der Waals surface area (Å²) < 4.78 is 1.80. The monoisotopic (exact) mass is 424 g/mol. The van der Waals surface area contributed by atoms with E-state index in [-0.39, 0.29) is 5.91 Å². The van der Waals surface area contributed by atoms with Crippen molar-refractivity contribution in [2.75, 3.05) is 12.3 Å². The highest BCUT2D eigenvalue weighted by molar-refractivity contribution is 5.98. The zero-order valence-electron chi connectivity index (χ0n) is 18.3. The van der Waals surface area contributed by atoms with Gasteiger partial charge in [0.25, 0.3) is 5.91 Å². The van der Waals surface area contributed by atoms with Crippen molar-refractivity contribution < 1.29 is 4.79 Å². The summed E-state index contributed by atoms with van der Waals surface area (Å²) in [5.74, 6) is 2.70. The molecule has 3 N–H and O–H groups in total. The summed E-state index contributed by atoms with van der Waals surface area (Å²) in [4.78, 5) is 21.3. The lowest BCUT2D eigenvalue weighted by atomic mass is 10.1. The van der Waals surface area contributed by atoms with Gasteiger partial charge in [0.2, 0.25) is 0 Å². The van der Waals surface area contributed by atoms with Gasteiger partial charge in [0.1, 0.15) is 17.8 Å². The highest BCUT2D eigenvalue weighted by Crippen LogP contribution is 2.33. The molecule has 0 unspecified atom stereocenters. The number of fused-ring (bicyclic) bond motifs is 1. The smallest absolute Gasteiger partial charge is 0.251 e. The Hall–Kier alpha value is -4.18. The van der Waals surface area contributed by atoms with E-state index in [0.29, 0.717) is 40.2 Å². The summed E-state index contributed by atoms with van der Waals surface area (Å²) in [7, 11) is 0. The van der Waals surface area contributed by atoms with Crippen LogP contribution in [0.3, 0.4) is 0 Å². The maximum atomic E-state index is 12.7. The third-order valence-corrected chi connectivity index (χ3v) is 5.37. The molecule has 0 spiro atoms. The maximum absolute atomic E-state index is 12.7. The average Bonchev–Trinajstić information content (AvgIpc) is 3.20. The molecule has 32 heavy (non-hydrogen) atoms. The number of carbonyl (C=O) groups is 1. The van der Waals surface area contributed by atoms with Crippen molar-refractivity contribution in [3.63, 3.8) is 0 Å². The molecule has 0 bridgehead atoms. The first-order valence-corrected chi connectivity index (χ1v) is 10.2. The first kappa shape index (κ1) is 21.1. The molecule has 0 saturated heterocycles. The number of nitrogens with one attached hydrogen (secondary N) is 1. The van der Waals surface area contributed by atoms with E-state index in [1.165, 1.54) is 6.33 Å². The number of aryl methyl sites for hydroxylation is 1. The van der Waals surface area contributed by atoms with E-state index in [1.807, 2.05) is 45.0 Å². The highest BCUT2D eigenvalue weighted by Gasteiger charge is 2.28. The lowest BCUT2D eigenvalue weighted by molar-refractivity contribution is 0.0936. The molecule has 2 heterocycles. The van der Waals surface area contributed by atoms with Crippen LogP contribution in [0.15, 0.2) is 54.9 Å². The number of anilines is 1. The number of terminal acetylenes is 1. The van der Waals surface area contributed by atoms with Crippen molar-refractivity contribution in [3.05, 3.63) is 71.5 Å². The average molecular weight is 425 g/mol. The van der Waals surface area contributed by atoms with Gasteiger partial charge in [-0.3, -0.25) is 4.79 Å². The van der Waals surface area contributed by atoms with Gasteiger partial charge in [0, 0.05) is 23.2 Å². The van der Waals surface area contributed by atoms with Gasteiger partial charge < -0.3 is 11.1 Å². The minimum Gasteiger partial charge on any atom is -0.383 e. The van der Waals surface area contributed by atoms with E-state index in [1.54, 1.807) is 28.9 Å². The van der Waals surface area contributed by atoms with Gasteiger partial charge in [-0.2, -0.15) is 5.10 Å². The summed E-state index contributed by atoms with van der Waals surface area (Å²) in [6, 6.07) is 15.0. The van der Waals surface area contributed by atoms with Gasteiger partial charge in [-0.25, -0.2) is 14.6 Å². The summed E-state index contributed by atoms with van der Waals surface area (Å²) >= 11 is 0. The number of hydrogen-bond acceptors (Lipinski definition) is 5. The third-order valence-electron chi connectivity index (χ3n) is 5.37. The van der Waals surface area contributed by atoms with E-state index < -0.39 is 5.54 Å². The molecule has 1 amide bonds. The van der Waals surface area contributed by atoms with Crippen molar-refractivity contribution in [3.8, 4) is 23.6 Å². The number of carbonyl (C=O) groups excluding carboxylic acids is 1. The summed E-state index contributed by atoms with van der Waals surface area (Å²) in [5, 5.41) is 8.53. The maximum Gasteiger partial charge on any atom is 0.251 e. The lowest BCUT2D eigenvalue weighted by Crippen LogP contribution is -2.41. The second-order valence-electron chi connectivity index (χ2n) is 8.30. The van der Waals surface area contributed by atoms with E-state index in [0.717, 1.165) is 11.1 Å². The molecule has 2 aromatic heterocycles. The van der Waals surface area contributed by atoms with E-state index >= 15 is 0 Å². The SMILES string of the molecule is C#Cc1cccc(C(=O)NCC(C)(C)n2nc(-c3ccc(C)cc3)c3c(N)ncnc32)c1. The molecule has 160 valence electrons. The number of nitrogens with zero attached hydrogens (tertiary/aromatic N) is 4. The van der Waals surface area contributed by atoms with Crippen LogP contribution in [0.2, 0.25) is 0 Å². The fraction of sp³-hybridized carbons (Fsp3) is 0.200. The number of nitrogen functional groups attached to an aromatic ring is 1. The zero-order chi connectivity index (χ0) is 22.9. The van der Waals surface area contributed by atoms with Gasteiger partial charge in [0.05, 0.1) is 10.9 Å². The van der Waals surface area contributed by atoms with Gasteiger partial charge in [-0.05, 0) is 39.0 Å². The molecule has 2 aromatic carbocycles. The van der Waals surface area contributed by atoms with E-state index in [9.17, 15) is 4.79 Å². The van der Waals surface area contributed by atoms with Crippen molar-refractivity contribution >= 4 is 22.8 Å². The Morgan fingerprint density at radius 2 is 1.94 bits per heavy atom. The Morgan fingerprint density at radius 3 is 2.66 bits per heavy atom. The molecule has 0 radical (unpaired) electrons. The predicted molar refractivity (Wildman–Crippen MR) is 126 cm³/mol. The van der Waals surface area contributed by atoms with Crippen molar-refractivity contribution in [1.29, 1.82) is 0 Å². The second-order valence-corrected chi connectivity index (χ2v) is 8.30. The normalized spacial score (nSPS) is 11.3. The van der Waals surface area contributed by atoms with Gasteiger partial charge in [-0.1, -0.05) is 41.8 Å². The van der Waals surface area contributed by atoms with Crippen LogP contribution >= 0.6 is 0 Å². The molecule has 0 aliphatic rings. The molecule has 0 fully saturated rings. The van der Waals surface area contributed by atoms with Crippen molar-refractivity contribution in [1.82, 2.24) is 25.1 Å². The van der Waals surface area contributed by atoms with E-state index in [4.69, 9.17) is 17.3 Å². The first-order chi connectivity index (χ1) is 15.3. The summed E-state index contributed by atoms with van der Waals surface area (Å²) in [6.45, 7) is 6.31. The molecule has 0 aliphatic carbocycles. The van der Waals surface area contributed by atoms with Crippen LogP contribution in [0.25, 0.3) is 22.3 Å². The quantitative estimate of drug-likeness (QED) is 0.478. The summed E-state index contributed by atoms with van der Waals surface area (Å²) in [5.41, 5.74) is 10.2. The van der Waals surface area contributed by atoms with E-state index in [2.05, 4.69) is 21.2 Å². The predicted octanol–water partition coefficient (Wildman–Crippen LogP) is 3.53. The van der Waals surface area contributed by atoms with Crippen LogP contribution < -0.4 is 11.1 Å².